The van der Waals surface area contributed by atoms with Crippen LogP contribution in [0.4, 0.5) is 0 Å². The van der Waals surface area contributed by atoms with Gasteiger partial charge in [-0.1, -0.05) is 19.3 Å². The maximum atomic E-state index is 11.8. The van der Waals surface area contributed by atoms with Gasteiger partial charge in [-0.2, -0.15) is 0 Å². The second kappa shape index (κ2) is 4.45. The van der Waals surface area contributed by atoms with Gasteiger partial charge in [-0.25, -0.2) is 0 Å². The minimum Gasteiger partial charge on any atom is -0.293 e. The molecule has 0 bridgehead atoms. The fourth-order valence-electron chi connectivity index (χ4n) is 1.56. The first-order chi connectivity index (χ1) is 6.68. The van der Waals surface area contributed by atoms with Crippen molar-refractivity contribution in [3.63, 3.8) is 0 Å². The number of thiophene rings is 1. The number of halogens is 2. The van der Waals surface area contributed by atoms with Gasteiger partial charge >= 0.3 is 0 Å². The van der Waals surface area contributed by atoms with Crippen LogP contribution in [0.3, 0.4) is 0 Å². The summed E-state index contributed by atoms with van der Waals surface area (Å²) in [7, 11) is 0. The van der Waals surface area contributed by atoms with Gasteiger partial charge in [0.2, 0.25) is 0 Å². The van der Waals surface area contributed by atoms with Crippen LogP contribution in [0.2, 0.25) is 0 Å². The SMILES string of the molecule is O=C(CC1CCC1)c1scc(Br)c1Br. The maximum Gasteiger partial charge on any atom is 0.174 e. The lowest BCUT2D eigenvalue weighted by molar-refractivity contribution is 0.0940. The van der Waals surface area contributed by atoms with Crippen molar-refractivity contribution < 1.29 is 4.79 Å². The van der Waals surface area contributed by atoms with Crippen molar-refractivity contribution in [2.75, 3.05) is 0 Å². The molecule has 1 aromatic rings. The lowest BCUT2D eigenvalue weighted by Gasteiger charge is -2.24. The Bertz CT molecular complexity index is 355. The molecule has 0 spiro atoms. The van der Waals surface area contributed by atoms with Gasteiger partial charge in [0, 0.05) is 16.3 Å². The fraction of sp³-hybridized carbons (Fsp3) is 0.500. The largest absolute Gasteiger partial charge is 0.293 e. The molecule has 0 N–H and O–H groups in total. The highest BCUT2D eigenvalue weighted by Gasteiger charge is 2.23. The Kier molecular flexibility index (Phi) is 3.45. The molecule has 1 aromatic heterocycles. The molecule has 76 valence electrons. The Balaban J connectivity index is 2.06. The smallest absolute Gasteiger partial charge is 0.174 e. The zero-order chi connectivity index (χ0) is 10.1. The molecule has 2 rings (SSSR count). The lowest BCUT2D eigenvalue weighted by Crippen LogP contribution is -2.15. The van der Waals surface area contributed by atoms with E-state index in [0.717, 1.165) is 20.2 Å². The van der Waals surface area contributed by atoms with Gasteiger partial charge in [-0.3, -0.25) is 4.79 Å². The zero-order valence-electron chi connectivity index (χ0n) is 7.56. The summed E-state index contributed by atoms with van der Waals surface area (Å²) >= 11 is 8.33. The quantitative estimate of drug-likeness (QED) is 0.734. The predicted molar refractivity (Wildman–Crippen MR) is 66.0 cm³/mol. The first-order valence-electron chi connectivity index (χ1n) is 4.64. The highest BCUT2D eigenvalue weighted by Crippen LogP contribution is 2.36. The van der Waals surface area contributed by atoms with Crippen LogP contribution in [0.15, 0.2) is 14.3 Å². The number of carbonyl (C=O) groups excluding carboxylic acids is 1. The number of Topliss-reactive ketones (excluding diaryl/α,β-unsaturated/α-hetero) is 1. The Morgan fingerprint density at radius 1 is 1.50 bits per heavy atom. The minimum absolute atomic E-state index is 0.289. The van der Waals surface area contributed by atoms with Crippen LogP contribution in [0.25, 0.3) is 0 Å². The molecule has 0 aliphatic heterocycles. The fourth-order valence-corrected chi connectivity index (χ4v) is 3.71. The molecule has 1 heterocycles. The summed E-state index contributed by atoms with van der Waals surface area (Å²) in [6, 6.07) is 0. The van der Waals surface area contributed by atoms with Crippen LogP contribution in [-0.4, -0.2) is 5.78 Å². The third kappa shape index (κ3) is 2.12. The Hall–Kier alpha value is 0.330. The van der Waals surface area contributed by atoms with Gasteiger partial charge in [0.15, 0.2) is 5.78 Å². The monoisotopic (exact) mass is 336 g/mol. The van der Waals surface area contributed by atoms with E-state index in [1.807, 2.05) is 5.38 Å². The van der Waals surface area contributed by atoms with E-state index in [9.17, 15) is 4.79 Å². The summed E-state index contributed by atoms with van der Waals surface area (Å²) in [5, 5.41) is 1.96. The van der Waals surface area contributed by atoms with Crippen molar-refractivity contribution in [3.8, 4) is 0 Å². The van der Waals surface area contributed by atoms with Gasteiger partial charge in [0.1, 0.15) is 0 Å². The average Bonchev–Trinajstić information content (AvgIpc) is 2.41. The molecule has 1 saturated carbocycles. The number of hydrogen-bond acceptors (Lipinski definition) is 2. The lowest BCUT2D eigenvalue weighted by atomic mass is 9.82. The molecule has 1 fully saturated rings. The molecule has 14 heavy (non-hydrogen) atoms. The number of hydrogen-bond donors (Lipinski definition) is 0. The molecule has 1 aliphatic carbocycles. The number of ketones is 1. The molecule has 0 unspecified atom stereocenters. The van der Waals surface area contributed by atoms with Crippen molar-refractivity contribution in [2.45, 2.75) is 25.7 Å². The van der Waals surface area contributed by atoms with Crippen LogP contribution >= 0.6 is 43.2 Å². The van der Waals surface area contributed by atoms with E-state index in [1.54, 1.807) is 0 Å². The van der Waals surface area contributed by atoms with Crippen molar-refractivity contribution in [1.82, 2.24) is 0 Å². The minimum atomic E-state index is 0.289. The van der Waals surface area contributed by atoms with Gasteiger partial charge in [0.25, 0.3) is 0 Å². The normalized spacial score (nSPS) is 16.7. The molecule has 1 aliphatic rings. The van der Waals surface area contributed by atoms with E-state index in [0.29, 0.717) is 5.92 Å². The summed E-state index contributed by atoms with van der Waals surface area (Å²) in [5.41, 5.74) is 0. The van der Waals surface area contributed by atoms with E-state index < -0.39 is 0 Å². The Morgan fingerprint density at radius 2 is 2.21 bits per heavy atom. The molecule has 0 amide bonds. The van der Waals surface area contributed by atoms with Crippen LogP contribution in [0, 0.1) is 5.92 Å². The summed E-state index contributed by atoms with van der Waals surface area (Å²) in [6.07, 6.45) is 4.49. The van der Waals surface area contributed by atoms with E-state index >= 15 is 0 Å². The molecular weight excluding hydrogens is 328 g/mol. The first-order valence-corrected chi connectivity index (χ1v) is 7.10. The average molecular weight is 338 g/mol. The van der Waals surface area contributed by atoms with Crippen molar-refractivity contribution in [1.29, 1.82) is 0 Å². The van der Waals surface area contributed by atoms with Crippen molar-refractivity contribution in [2.24, 2.45) is 5.92 Å². The predicted octanol–water partition coefficient (Wildman–Crippen LogP) is 4.65. The van der Waals surface area contributed by atoms with Crippen LogP contribution in [0.5, 0.6) is 0 Å². The second-order valence-corrected chi connectivity index (χ2v) is 6.18. The second-order valence-electron chi connectivity index (χ2n) is 3.65. The van der Waals surface area contributed by atoms with Crippen LogP contribution in [-0.2, 0) is 0 Å². The van der Waals surface area contributed by atoms with E-state index in [4.69, 9.17) is 0 Å². The summed E-state index contributed by atoms with van der Waals surface area (Å²) in [6.45, 7) is 0. The van der Waals surface area contributed by atoms with E-state index in [1.165, 1.54) is 30.6 Å². The number of rotatable bonds is 3. The Labute approximate surface area is 104 Å². The molecule has 0 saturated heterocycles. The van der Waals surface area contributed by atoms with Crippen LogP contribution in [0.1, 0.15) is 35.4 Å². The van der Waals surface area contributed by atoms with Gasteiger partial charge in [0.05, 0.1) is 9.35 Å². The number of carbonyl (C=O) groups is 1. The zero-order valence-corrected chi connectivity index (χ0v) is 11.5. The van der Waals surface area contributed by atoms with E-state index in [-0.39, 0.29) is 5.78 Å². The molecule has 0 radical (unpaired) electrons. The molecule has 4 heteroatoms. The molecular formula is C10H10Br2OS. The van der Waals surface area contributed by atoms with Gasteiger partial charge in [-0.15, -0.1) is 11.3 Å². The van der Waals surface area contributed by atoms with Crippen LogP contribution < -0.4 is 0 Å². The van der Waals surface area contributed by atoms with Crippen molar-refractivity contribution in [3.05, 3.63) is 19.2 Å². The highest BCUT2D eigenvalue weighted by atomic mass is 79.9. The summed E-state index contributed by atoms with van der Waals surface area (Å²) in [4.78, 5) is 12.7. The standard InChI is InChI=1S/C10H10Br2OS/c11-7-5-14-10(9(7)12)8(13)4-6-2-1-3-6/h5-6H,1-4H2. The Morgan fingerprint density at radius 3 is 2.64 bits per heavy atom. The topological polar surface area (TPSA) is 17.1 Å². The summed E-state index contributed by atoms with van der Waals surface area (Å²) in [5.74, 6) is 0.938. The first kappa shape index (κ1) is 10.8. The van der Waals surface area contributed by atoms with Crippen molar-refractivity contribution >= 4 is 49.0 Å². The molecule has 1 nitrogen and oxygen atoms in total. The van der Waals surface area contributed by atoms with Gasteiger partial charge in [-0.05, 0) is 37.8 Å². The molecule has 0 atom stereocenters. The third-order valence-corrected chi connectivity index (χ3v) is 6.21. The summed E-state index contributed by atoms with van der Waals surface area (Å²) < 4.78 is 1.91. The van der Waals surface area contributed by atoms with Gasteiger partial charge < -0.3 is 0 Å². The third-order valence-electron chi connectivity index (χ3n) is 2.64. The van der Waals surface area contributed by atoms with E-state index in [2.05, 4.69) is 31.9 Å². The highest BCUT2D eigenvalue weighted by molar-refractivity contribution is 9.13. The molecule has 0 aromatic carbocycles. The maximum absolute atomic E-state index is 11.8.